The van der Waals surface area contributed by atoms with Crippen LogP contribution in [-0.2, 0) is 11.3 Å². The lowest BCUT2D eigenvalue weighted by molar-refractivity contribution is -0.384. The van der Waals surface area contributed by atoms with Crippen LogP contribution in [0.4, 0.5) is 5.69 Å². The van der Waals surface area contributed by atoms with Crippen molar-refractivity contribution in [2.24, 2.45) is 0 Å². The van der Waals surface area contributed by atoms with Crippen molar-refractivity contribution >= 4 is 46.6 Å². The van der Waals surface area contributed by atoms with E-state index in [9.17, 15) is 14.9 Å². The average molecular weight is 385 g/mol. The van der Waals surface area contributed by atoms with Crippen molar-refractivity contribution in [2.45, 2.75) is 23.6 Å². The van der Waals surface area contributed by atoms with E-state index >= 15 is 0 Å². The molecule has 0 radical (unpaired) electrons. The number of carbonyl (C=O) groups excluding carboxylic acids is 1. The number of amides is 1. The Morgan fingerprint density at radius 3 is 2.50 bits per heavy atom. The summed E-state index contributed by atoms with van der Waals surface area (Å²) in [5.74, 6) is -0.149. The number of thioether (sulfide) groups is 1. The second-order valence-electron chi connectivity index (χ2n) is 4.96. The number of nitro groups is 1. The summed E-state index contributed by atoms with van der Waals surface area (Å²) in [7, 11) is 0. The molecule has 2 aromatic carbocycles. The van der Waals surface area contributed by atoms with Gasteiger partial charge in [0.15, 0.2) is 0 Å². The van der Waals surface area contributed by atoms with Crippen LogP contribution in [-0.4, -0.2) is 16.1 Å². The molecule has 0 saturated heterocycles. The Labute approximate surface area is 153 Å². The molecule has 1 atom stereocenters. The number of non-ortho nitro benzene ring substituents is 1. The van der Waals surface area contributed by atoms with E-state index < -0.39 is 4.92 Å². The molecule has 0 bridgehead atoms. The maximum atomic E-state index is 12.2. The highest BCUT2D eigenvalue weighted by Gasteiger charge is 2.15. The van der Waals surface area contributed by atoms with Crippen molar-refractivity contribution < 1.29 is 9.72 Å². The topological polar surface area (TPSA) is 72.2 Å². The van der Waals surface area contributed by atoms with Crippen molar-refractivity contribution in [3.05, 3.63) is 68.2 Å². The van der Waals surface area contributed by atoms with E-state index in [1.165, 1.54) is 23.9 Å². The van der Waals surface area contributed by atoms with Gasteiger partial charge in [-0.05, 0) is 36.8 Å². The van der Waals surface area contributed by atoms with Gasteiger partial charge >= 0.3 is 0 Å². The van der Waals surface area contributed by atoms with Gasteiger partial charge in [0.25, 0.3) is 5.69 Å². The van der Waals surface area contributed by atoms with Crippen LogP contribution in [0.1, 0.15) is 12.5 Å². The lowest BCUT2D eigenvalue weighted by Crippen LogP contribution is -2.30. The second-order valence-corrected chi connectivity index (χ2v) is 7.22. The molecule has 0 aliphatic carbocycles. The van der Waals surface area contributed by atoms with Gasteiger partial charge in [0, 0.05) is 33.6 Å². The van der Waals surface area contributed by atoms with Gasteiger partial charge in [0.05, 0.1) is 10.2 Å². The summed E-state index contributed by atoms with van der Waals surface area (Å²) < 4.78 is 0. The molecular weight excluding hydrogens is 371 g/mol. The predicted molar refractivity (Wildman–Crippen MR) is 96.7 cm³/mol. The van der Waals surface area contributed by atoms with Gasteiger partial charge in [-0.15, -0.1) is 11.8 Å². The van der Waals surface area contributed by atoms with Gasteiger partial charge in [-0.2, -0.15) is 0 Å². The zero-order valence-electron chi connectivity index (χ0n) is 12.7. The van der Waals surface area contributed by atoms with Gasteiger partial charge in [-0.25, -0.2) is 0 Å². The van der Waals surface area contributed by atoms with E-state index in [-0.39, 0.29) is 16.8 Å². The third kappa shape index (κ3) is 5.12. The van der Waals surface area contributed by atoms with Crippen LogP contribution in [0.15, 0.2) is 47.4 Å². The Morgan fingerprint density at radius 1 is 1.25 bits per heavy atom. The van der Waals surface area contributed by atoms with Gasteiger partial charge in [0.1, 0.15) is 0 Å². The molecule has 1 amide bonds. The third-order valence-electron chi connectivity index (χ3n) is 3.20. The number of hydrogen-bond donors (Lipinski definition) is 1. The van der Waals surface area contributed by atoms with Gasteiger partial charge in [-0.3, -0.25) is 14.9 Å². The zero-order valence-corrected chi connectivity index (χ0v) is 15.0. The quantitative estimate of drug-likeness (QED) is 0.445. The van der Waals surface area contributed by atoms with E-state index in [2.05, 4.69) is 5.32 Å². The number of halogens is 2. The number of nitrogens with one attached hydrogen (secondary N) is 1. The van der Waals surface area contributed by atoms with Gasteiger partial charge in [0.2, 0.25) is 5.91 Å². The molecule has 0 unspecified atom stereocenters. The van der Waals surface area contributed by atoms with E-state index in [0.717, 1.165) is 10.5 Å². The normalized spacial score (nSPS) is 11.8. The molecule has 0 aliphatic heterocycles. The summed E-state index contributed by atoms with van der Waals surface area (Å²) in [6.45, 7) is 2.07. The third-order valence-corrected chi connectivity index (χ3v) is 4.90. The molecule has 0 saturated carbocycles. The van der Waals surface area contributed by atoms with Crippen LogP contribution in [0.25, 0.3) is 0 Å². The molecule has 24 heavy (non-hydrogen) atoms. The standard InChI is InChI=1S/C16H14Cl2N2O3S/c1-10(24-14-6-4-13(5-7-14)20(22)23)16(21)19-9-11-2-3-12(17)8-15(11)18/h2-8,10H,9H2,1H3,(H,19,21)/t10-/m1/s1. The Hall–Kier alpha value is -1.76. The lowest BCUT2D eigenvalue weighted by atomic mass is 10.2. The number of benzene rings is 2. The monoisotopic (exact) mass is 384 g/mol. The van der Waals surface area contributed by atoms with Crippen LogP contribution in [0.3, 0.4) is 0 Å². The fourth-order valence-corrected chi connectivity index (χ4v) is 3.26. The SMILES string of the molecule is C[C@@H](Sc1ccc([N+](=O)[O-])cc1)C(=O)NCc1ccc(Cl)cc1Cl. The van der Waals surface area contributed by atoms with Crippen LogP contribution in [0, 0.1) is 10.1 Å². The summed E-state index contributed by atoms with van der Waals surface area (Å²) in [5.41, 5.74) is 0.802. The van der Waals surface area contributed by atoms with Gasteiger partial charge < -0.3 is 5.32 Å². The maximum absolute atomic E-state index is 12.2. The van der Waals surface area contributed by atoms with Crippen molar-refractivity contribution in [2.75, 3.05) is 0 Å². The molecule has 0 fully saturated rings. The molecule has 8 heteroatoms. The second kappa shape index (κ2) is 8.37. The van der Waals surface area contributed by atoms with E-state index in [1.54, 1.807) is 37.3 Å². The van der Waals surface area contributed by atoms with Gasteiger partial charge in [-0.1, -0.05) is 29.3 Å². The highest BCUT2D eigenvalue weighted by Crippen LogP contribution is 2.26. The summed E-state index contributed by atoms with van der Waals surface area (Å²) in [6, 6.07) is 11.2. The Bertz CT molecular complexity index is 753. The fourth-order valence-electron chi connectivity index (χ4n) is 1.90. The Morgan fingerprint density at radius 2 is 1.92 bits per heavy atom. The van der Waals surface area contributed by atoms with Crippen LogP contribution in [0.2, 0.25) is 10.0 Å². The van der Waals surface area contributed by atoms with Crippen molar-refractivity contribution in [1.29, 1.82) is 0 Å². The van der Waals surface area contributed by atoms with Crippen LogP contribution < -0.4 is 5.32 Å². The first-order valence-electron chi connectivity index (χ1n) is 6.99. The summed E-state index contributed by atoms with van der Waals surface area (Å²) in [5, 5.41) is 14.1. The van der Waals surface area contributed by atoms with Crippen molar-refractivity contribution in [3.8, 4) is 0 Å². The molecule has 0 spiro atoms. The predicted octanol–water partition coefficient (Wildman–Crippen LogP) is 4.70. The smallest absolute Gasteiger partial charge is 0.269 e. The molecule has 5 nitrogen and oxygen atoms in total. The molecule has 0 heterocycles. The van der Waals surface area contributed by atoms with Crippen molar-refractivity contribution in [3.63, 3.8) is 0 Å². The summed E-state index contributed by atoms with van der Waals surface area (Å²) in [4.78, 5) is 23.1. The van der Waals surface area contributed by atoms with E-state index in [0.29, 0.717) is 16.6 Å². The molecule has 2 rings (SSSR count). The largest absolute Gasteiger partial charge is 0.351 e. The molecule has 0 aromatic heterocycles. The minimum atomic E-state index is -0.458. The first-order chi connectivity index (χ1) is 11.4. The average Bonchev–Trinajstić information content (AvgIpc) is 2.54. The molecule has 1 N–H and O–H groups in total. The van der Waals surface area contributed by atoms with E-state index in [4.69, 9.17) is 23.2 Å². The molecule has 126 valence electrons. The summed E-state index contributed by atoms with van der Waals surface area (Å²) in [6.07, 6.45) is 0. The summed E-state index contributed by atoms with van der Waals surface area (Å²) >= 11 is 13.2. The number of rotatable bonds is 6. The number of carbonyl (C=O) groups is 1. The number of nitrogens with zero attached hydrogens (tertiary/aromatic N) is 1. The highest BCUT2D eigenvalue weighted by molar-refractivity contribution is 8.00. The van der Waals surface area contributed by atoms with Crippen LogP contribution in [0.5, 0.6) is 0 Å². The van der Waals surface area contributed by atoms with Crippen molar-refractivity contribution in [1.82, 2.24) is 5.32 Å². The zero-order chi connectivity index (χ0) is 17.7. The minimum Gasteiger partial charge on any atom is -0.351 e. The van der Waals surface area contributed by atoms with E-state index in [1.807, 2.05) is 0 Å². The first-order valence-corrected chi connectivity index (χ1v) is 8.63. The lowest BCUT2D eigenvalue weighted by Gasteiger charge is -2.12. The first kappa shape index (κ1) is 18.6. The molecule has 0 aliphatic rings. The molecule has 2 aromatic rings. The maximum Gasteiger partial charge on any atom is 0.269 e. The Kier molecular flexibility index (Phi) is 6.48. The Balaban J connectivity index is 1.90. The molecular formula is C16H14Cl2N2O3S. The number of nitro benzene ring substituents is 1. The number of hydrogen-bond acceptors (Lipinski definition) is 4. The van der Waals surface area contributed by atoms with Crippen LogP contribution >= 0.6 is 35.0 Å². The minimum absolute atomic E-state index is 0.0221. The highest BCUT2D eigenvalue weighted by atomic mass is 35.5. The fraction of sp³-hybridized carbons (Fsp3) is 0.188.